The van der Waals surface area contributed by atoms with Gasteiger partial charge in [0, 0.05) is 17.8 Å². The third kappa shape index (κ3) is 2.88. The highest BCUT2D eigenvalue weighted by atomic mass is 16.5. The molecule has 2 unspecified atom stereocenters. The van der Waals surface area contributed by atoms with Crippen LogP contribution in [0.2, 0.25) is 0 Å². The third-order valence-corrected chi connectivity index (χ3v) is 3.49. The smallest absolute Gasteiger partial charge is 0.254 e. The van der Waals surface area contributed by atoms with Crippen molar-refractivity contribution in [1.29, 1.82) is 0 Å². The monoisotopic (exact) mass is 264 g/mol. The van der Waals surface area contributed by atoms with Crippen LogP contribution in [0.25, 0.3) is 0 Å². The van der Waals surface area contributed by atoms with E-state index in [9.17, 15) is 4.79 Å². The van der Waals surface area contributed by atoms with Gasteiger partial charge in [0.15, 0.2) is 0 Å². The van der Waals surface area contributed by atoms with E-state index in [-0.39, 0.29) is 24.7 Å². The predicted molar refractivity (Wildman–Crippen MR) is 72.9 cm³/mol. The second kappa shape index (κ2) is 5.59. The lowest BCUT2D eigenvalue weighted by atomic mass is 10.1. The summed E-state index contributed by atoms with van der Waals surface area (Å²) in [7, 11) is 0. The summed E-state index contributed by atoms with van der Waals surface area (Å²) in [6.07, 6.45) is -0.296. The van der Waals surface area contributed by atoms with Gasteiger partial charge in [-0.05, 0) is 37.6 Å². The van der Waals surface area contributed by atoms with E-state index in [4.69, 9.17) is 15.6 Å². The van der Waals surface area contributed by atoms with Crippen molar-refractivity contribution in [3.8, 4) is 0 Å². The van der Waals surface area contributed by atoms with Gasteiger partial charge in [0.25, 0.3) is 5.91 Å². The Bertz CT molecular complexity index is 476. The van der Waals surface area contributed by atoms with Crippen molar-refractivity contribution in [3.05, 3.63) is 29.3 Å². The first kappa shape index (κ1) is 13.8. The number of aryl methyl sites for hydroxylation is 1. The maximum atomic E-state index is 12.5. The molecule has 2 atom stereocenters. The average molecular weight is 264 g/mol. The number of hydrogen-bond donors (Lipinski definition) is 2. The summed E-state index contributed by atoms with van der Waals surface area (Å²) in [6.45, 7) is 4.61. The minimum Gasteiger partial charge on any atom is -0.399 e. The van der Waals surface area contributed by atoms with Crippen molar-refractivity contribution in [2.75, 3.05) is 25.5 Å². The second-order valence-electron chi connectivity index (χ2n) is 5.02. The predicted octanol–water partition coefficient (Wildman–Crippen LogP) is 0.799. The van der Waals surface area contributed by atoms with E-state index in [1.54, 1.807) is 23.1 Å². The van der Waals surface area contributed by atoms with Crippen LogP contribution in [-0.2, 0) is 4.74 Å². The quantitative estimate of drug-likeness (QED) is 0.775. The largest absolute Gasteiger partial charge is 0.399 e. The first-order valence-corrected chi connectivity index (χ1v) is 6.42. The highest BCUT2D eigenvalue weighted by Crippen LogP contribution is 2.18. The van der Waals surface area contributed by atoms with Crippen LogP contribution in [0.1, 0.15) is 22.8 Å². The molecule has 19 heavy (non-hydrogen) atoms. The Balaban J connectivity index is 2.19. The molecule has 1 amide bonds. The zero-order valence-corrected chi connectivity index (χ0v) is 11.3. The molecule has 0 spiro atoms. The van der Waals surface area contributed by atoms with E-state index in [1.165, 1.54) is 0 Å². The molecule has 104 valence electrons. The highest BCUT2D eigenvalue weighted by Gasteiger charge is 2.29. The second-order valence-corrected chi connectivity index (χ2v) is 5.02. The molecule has 1 aromatic carbocycles. The molecular formula is C14H20N2O3. The molecule has 1 heterocycles. The number of amides is 1. The molecule has 1 aromatic rings. The van der Waals surface area contributed by atoms with Gasteiger partial charge in [-0.1, -0.05) is 0 Å². The average Bonchev–Trinajstić information content (AvgIpc) is 2.41. The Morgan fingerprint density at radius 3 is 2.95 bits per heavy atom. The van der Waals surface area contributed by atoms with Crippen LogP contribution in [0.4, 0.5) is 5.69 Å². The number of carbonyl (C=O) groups excluding carboxylic acids is 1. The minimum absolute atomic E-state index is 0.00755. The molecule has 3 N–H and O–H groups in total. The van der Waals surface area contributed by atoms with Crippen LogP contribution in [0.3, 0.4) is 0 Å². The van der Waals surface area contributed by atoms with E-state index in [2.05, 4.69) is 0 Å². The number of morpholine rings is 1. The van der Waals surface area contributed by atoms with Gasteiger partial charge >= 0.3 is 0 Å². The summed E-state index contributed by atoms with van der Waals surface area (Å²) >= 11 is 0. The number of ether oxygens (including phenoxy) is 1. The third-order valence-electron chi connectivity index (χ3n) is 3.49. The van der Waals surface area contributed by atoms with Crippen LogP contribution in [-0.4, -0.2) is 47.8 Å². The van der Waals surface area contributed by atoms with E-state index in [0.29, 0.717) is 24.4 Å². The number of aliphatic hydroxyl groups excluding tert-OH is 1. The number of carbonyl (C=O) groups is 1. The van der Waals surface area contributed by atoms with E-state index >= 15 is 0 Å². The minimum atomic E-state index is -0.296. The molecule has 0 radical (unpaired) electrons. The molecule has 1 fully saturated rings. The van der Waals surface area contributed by atoms with Crippen LogP contribution >= 0.6 is 0 Å². The summed E-state index contributed by atoms with van der Waals surface area (Å²) in [5.41, 5.74) is 7.96. The molecule has 5 nitrogen and oxygen atoms in total. The zero-order valence-electron chi connectivity index (χ0n) is 11.3. The van der Waals surface area contributed by atoms with Crippen LogP contribution in [0.15, 0.2) is 18.2 Å². The lowest BCUT2D eigenvalue weighted by molar-refractivity contribution is -0.0667. The van der Waals surface area contributed by atoms with Crippen molar-refractivity contribution < 1.29 is 14.6 Å². The maximum Gasteiger partial charge on any atom is 0.254 e. The molecule has 1 saturated heterocycles. The Morgan fingerprint density at radius 1 is 1.58 bits per heavy atom. The van der Waals surface area contributed by atoms with Crippen molar-refractivity contribution in [2.24, 2.45) is 0 Å². The Morgan fingerprint density at radius 2 is 2.32 bits per heavy atom. The van der Waals surface area contributed by atoms with E-state index in [0.717, 1.165) is 5.56 Å². The van der Waals surface area contributed by atoms with Crippen molar-refractivity contribution >= 4 is 11.6 Å². The fourth-order valence-corrected chi connectivity index (χ4v) is 2.19. The lowest BCUT2D eigenvalue weighted by Gasteiger charge is -2.37. The molecule has 1 aliphatic rings. The van der Waals surface area contributed by atoms with Crippen LogP contribution in [0.5, 0.6) is 0 Å². The fraction of sp³-hybridized carbons (Fsp3) is 0.500. The first-order chi connectivity index (χ1) is 9.02. The lowest BCUT2D eigenvalue weighted by Crippen LogP contribution is -2.52. The molecule has 2 rings (SSSR count). The van der Waals surface area contributed by atoms with E-state index in [1.807, 2.05) is 13.8 Å². The van der Waals surface area contributed by atoms with Crippen LogP contribution < -0.4 is 5.73 Å². The summed E-state index contributed by atoms with van der Waals surface area (Å²) in [6, 6.07) is 5.29. The number of anilines is 1. The molecule has 0 aromatic heterocycles. The summed E-state index contributed by atoms with van der Waals surface area (Å²) < 4.78 is 5.43. The normalized spacial score (nSPS) is 23.4. The number of benzene rings is 1. The highest BCUT2D eigenvalue weighted by molar-refractivity contribution is 5.95. The fourth-order valence-electron chi connectivity index (χ4n) is 2.19. The molecule has 0 aliphatic carbocycles. The SMILES string of the molecule is Cc1cc(C(=O)N2CC(CO)OCC2C)ccc1N. The Labute approximate surface area is 113 Å². The topological polar surface area (TPSA) is 75.8 Å². The van der Waals surface area contributed by atoms with Crippen molar-refractivity contribution in [3.63, 3.8) is 0 Å². The van der Waals surface area contributed by atoms with Gasteiger partial charge in [-0.25, -0.2) is 0 Å². The number of hydrogen-bond acceptors (Lipinski definition) is 4. The number of rotatable bonds is 2. The molecule has 0 saturated carbocycles. The number of nitrogen functional groups attached to an aromatic ring is 1. The van der Waals surface area contributed by atoms with Gasteiger partial charge in [-0.3, -0.25) is 4.79 Å². The van der Waals surface area contributed by atoms with E-state index < -0.39 is 0 Å². The number of nitrogens with zero attached hydrogens (tertiary/aromatic N) is 1. The number of nitrogens with two attached hydrogens (primary N) is 1. The van der Waals surface area contributed by atoms with Gasteiger partial charge in [-0.15, -0.1) is 0 Å². The zero-order chi connectivity index (χ0) is 14.0. The molecule has 1 aliphatic heterocycles. The van der Waals surface area contributed by atoms with Gasteiger partial charge in [0.1, 0.15) is 0 Å². The summed E-state index contributed by atoms with van der Waals surface area (Å²) in [4.78, 5) is 14.2. The van der Waals surface area contributed by atoms with Crippen LogP contribution in [0, 0.1) is 6.92 Å². The van der Waals surface area contributed by atoms with Gasteiger partial charge in [0.05, 0.1) is 25.4 Å². The molecule has 0 bridgehead atoms. The standard InChI is InChI=1S/C14H20N2O3/c1-9-5-11(3-4-13(9)15)14(18)16-6-12(7-17)19-8-10(16)2/h3-5,10,12,17H,6-8,15H2,1-2H3. The van der Waals surface area contributed by atoms with Crippen molar-refractivity contribution in [2.45, 2.75) is 26.0 Å². The Hall–Kier alpha value is -1.59. The van der Waals surface area contributed by atoms with Gasteiger partial charge < -0.3 is 20.5 Å². The first-order valence-electron chi connectivity index (χ1n) is 6.42. The van der Waals surface area contributed by atoms with Gasteiger partial charge in [-0.2, -0.15) is 0 Å². The molecule has 5 heteroatoms. The van der Waals surface area contributed by atoms with Crippen molar-refractivity contribution in [1.82, 2.24) is 4.90 Å². The summed E-state index contributed by atoms with van der Waals surface area (Å²) in [5.74, 6) is -0.0441. The number of aliphatic hydroxyl groups is 1. The van der Waals surface area contributed by atoms with Gasteiger partial charge in [0.2, 0.25) is 0 Å². The maximum absolute atomic E-state index is 12.5. The molecular weight excluding hydrogens is 244 g/mol. The Kier molecular flexibility index (Phi) is 4.07. The summed E-state index contributed by atoms with van der Waals surface area (Å²) in [5, 5.41) is 9.15.